The third-order valence-electron chi connectivity index (χ3n) is 3.33. The maximum absolute atomic E-state index is 9.95. The lowest BCUT2D eigenvalue weighted by atomic mass is 10.0. The molecule has 17 heavy (non-hydrogen) atoms. The van der Waals surface area contributed by atoms with Crippen molar-refractivity contribution in [3.63, 3.8) is 0 Å². The van der Waals surface area contributed by atoms with E-state index in [-0.39, 0.29) is 6.10 Å². The van der Waals surface area contributed by atoms with E-state index >= 15 is 0 Å². The minimum atomic E-state index is -0.273. The second-order valence-electron chi connectivity index (χ2n) is 4.95. The van der Waals surface area contributed by atoms with Crippen molar-refractivity contribution >= 4 is 0 Å². The molecule has 1 saturated heterocycles. The lowest BCUT2D eigenvalue weighted by Crippen LogP contribution is -2.21. The summed E-state index contributed by atoms with van der Waals surface area (Å²) >= 11 is 0. The molecule has 1 aliphatic heterocycles. The van der Waals surface area contributed by atoms with Gasteiger partial charge in [0.25, 0.3) is 0 Å². The van der Waals surface area contributed by atoms with Crippen molar-refractivity contribution in [2.24, 2.45) is 7.05 Å². The Morgan fingerprint density at radius 3 is 3.12 bits per heavy atom. The van der Waals surface area contributed by atoms with Crippen molar-refractivity contribution in [3.05, 3.63) is 18.0 Å². The molecular formula is C13H22N2O2. The summed E-state index contributed by atoms with van der Waals surface area (Å²) in [5.41, 5.74) is 1.10. The van der Waals surface area contributed by atoms with Crippen molar-refractivity contribution in [1.29, 1.82) is 0 Å². The van der Waals surface area contributed by atoms with Gasteiger partial charge in [-0.1, -0.05) is 0 Å². The van der Waals surface area contributed by atoms with Crippen molar-refractivity contribution < 1.29 is 9.84 Å². The molecule has 2 heterocycles. The summed E-state index contributed by atoms with van der Waals surface area (Å²) in [5, 5.41) is 14.1. The number of aromatic nitrogens is 2. The van der Waals surface area contributed by atoms with E-state index in [4.69, 9.17) is 4.74 Å². The fourth-order valence-corrected chi connectivity index (χ4v) is 2.36. The fourth-order valence-electron chi connectivity index (χ4n) is 2.36. The molecule has 1 aliphatic rings. The molecule has 0 amide bonds. The first kappa shape index (κ1) is 12.6. The van der Waals surface area contributed by atoms with Crippen LogP contribution in [0.2, 0.25) is 0 Å². The first-order valence-corrected chi connectivity index (χ1v) is 6.51. The Morgan fingerprint density at radius 1 is 1.59 bits per heavy atom. The highest BCUT2D eigenvalue weighted by Gasteiger charge is 2.16. The van der Waals surface area contributed by atoms with Crippen molar-refractivity contribution in [1.82, 2.24) is 9.78 Å². The average Bonchev–Trinajstić information content (AvgIpc) is 2.73. The highest BCUT2D eigenvalue weighted by molar-refractivity contribution is 5.04. The van der Waals surface area contributed by atoms with Crippen LogP contribution in [0, 0.1) is 0 Å². The molecule has 0 radical (unpaired) electrons. The maximum atomic E-state index is 9.95. The molecule has 1 fully saturated rings. The zero-order chi connectivity index (χ0) is 12.1. The lowest BCUT2D eigenvalue weighted by Gasteiger charge is -2.23. The van der Waals surface area contributed by atoms with Crippen molar-refractivity contribution in [3.8, 4) is 0 Å². The van der Waals surface area contributed by atoms with E-state index in [1.54, 1.807) is 4.68 Å². The van der Waals surface area contributed by atoms with Crippen LogP contribution >= 0.6 is 0 Å². The molecule has 0 aliphatic carbocycles. The molecule has 96 valence electrons. The third-order valence-corrected chi connectivity index (χ3v) is 3.33. The molecule has 1 aromatic rings. The minimum Gasteiger partial charge on any atom is -0.393 e. The van der Waals surface area contributed by atoms with Crippen LogP contribution < -0.4 is 0 Å². The zero-order valence-corrected chi connectivity index (χ0v) is 10.5. The van der Waals surface area contributed by atoms with E-state index in [0.29, 0.717) is 12.5 Å². The second-order valence-corrected chi connectivity index (χ2v) is 4.95. The number of ether oxygens (including phenoxy) is 1. The van der Waals surface area contributed by atoms with Crippen LogP contribution in [0.3, 0.4) is 0 Å². The van der Waals surface area contributed by atoms with E-state index in [1.165, 1.54) is 12.8 Å². The molecule has 1 aromatic heterocycles. The van der Waals surface area contributed by atoms with Gasteiger partial charge in [0, 0.05) is 26.3 Å². The largest absolute Gasteiger partial charge is 0.393 e. The van der Waals surface area contributed by atoms with Gasteiger partial charge in [0.2, 0.25) is 0 Å². The van der Waals surface area contributed by atoms with Crippen LogP contribution in [-0.2, 0) is 18.2 Å². The highest BCUT2D eigenvalue weighted by Crippen LogP contribution is 2.18. The van der Waals surface area contributed by atoms with Gasteiger partial charge < -0.3 is 9.84 Å². The van der Waals surface area contributed by atoms with Crippen molar-refractivity contribution in [2.75, 3.05) is 6.61 Å². The van der Waals surface area contributed by atoms with Gasteiger partial charge in [-0.2, -0.15) is 5.10 Å². The number of rotatable bonds is 5. The van der Waals surface area contributed by atoms with Gasteiger partial charge in [0.1, 0.15) is 0 Å². The Labute approximate surface area is 103 Å². The summed E-state index contributed by atoms with van der Waals surface area (Å²) in [6.45, 7) is 0.892. The van der Waals surface area contributed by atoms with Gasteiger partial charge in [-0.15, -0.1) is 0 Å². The van der Waals surface area contributed by atoms with E-state index in [1.807, 2.05) is 19.4 Å². The Morgan fingerprint density at radius 2 is 2.47 bits per heavy atom. The summed E-state index contributed by atoms with van der Waals surface area (Å²) in [4.78, 5) is 0. The number of nitrogens with zero attached hydrogens (tertiary/aromatic N) is 2. The SMILES string of the molecule is Cn1cc(CC(O)CCC2CCCCO2)cn1. The van der Waals surface area contributed by atoms with E-state index in [2.05, 4.69) is 5.10 Å². The van der Waals surface area contributed by atoms with Crippen LogP contribution in [-0.4, -0.2) is 33.7 Å². The molecule has 2 rings (SSSR count). The topological polar surface area (TPSA) is 47.3 Å². The molecule has 0 aromatic carbocycles. The summed E-state index contributed by atoms with van der Waals surface area (Å²) in [5.74, 6) is 0. The number of aliphatic hydroxyl groups excluding tert-OH is 1. The Bertz CT molecular complexity index is 332. The average molecular weight is 238 g/mol. The number of aryl methyl sites for hydroxylation is 1. The van der Waals surface area contributed by atoms with Crippen LogP contribution in [0.1, 0.15) is 37.7 Å². The quantitative estimate of drug-likeness (QED) is 0.849. The molecular weight excluding hydrogens is 216 g/mol. The molecule has 2 unspecified atom stereocenters. The first-order valence-electron chi connectivity index (χ1n) is 6.51. The normalized spacial score (nSPS) is 22.6. The molecule has 1 N–H and O–H groups in total. The van der Waals surface area contributed by atoms with Crippen molar-refractivity contribution in [2.45, 2.75) is 50.7 Å². The van der Waals surface area contributed by atoms with E-state index in [0.717, 1.165) is 31.4 Å². The Hall–Kier alpha value is -0.870. The van der Waals surface area contributed by atoms with Crippen LogP contribution in [0.5, 0.6) is 0 Å². The fraction of sp³-hybridized carbons (Fsp3) is 0.769. The van der Waals surface area contributed by atoms with E-state index in [9.17, 15) is 5.11 Å². The molecule has 4 nitrogen and oxygen atoms in total. The van der Waals surface area contributed by atoms with Gasteiger partial charge >= 0.3 is 0 Å². The molecule has 0 saturated carbocycles. The number of hydrogen-bond donors (Lipinski definition) is 1. The smallest absolute Gasteiger partial charge is 0.0582 e. The number of hydrogen-bond acceptors (Lipinski definition) is 3. The standard InChI is InChI=1S/C13H22N2O2/c1-15-10-11(9-14-15)8-12(16)5-6-13-4-2-3-7-17-13/h9-10,12-13,16H,2-8H2,1H3. The first-order chi connectivity index (χ1) is 8.24. The second kappa shape index (κ2) is 6.17. The molecule has 0 bridgehead atoms. The Balaban J connectivity index is 1.68. The maximum Gasteiger partial charge on any atom is 0.0582 e. The van der Waals surface area contributed by atoms with Gasteiger partial charge in [0.15, 0.2) is 0 Å². The van der Waals surface area contributed by atoms with Crippen LogP contribution in [0.25, 0.3) is 0 Å². The van der Waals surface area contributed by atoms with Gasteiger partial charge in [0.05, 0.1) is 18.4 Å². The summed E-state index contributed by atoms with van der Waals surface area (Å²) in [6.07, 6.45) is 9.97. The zero-order valence-electron chi connectivity index (χ0n) is 10.5. The van der Waals surface area contributed by atoms with Crippen LogP contribution in [0.4, 0.5) is 0 Å². The lowest BCUT2D eigenvalue weighted by molar-refractivity contribution is 0.00234. The molecule has 4 heteroatoms. The van der Waals surface area contributed by atoms with Gasteiger partial charge in [-0.05, 0) is 37.7 Å². The summed E-state index contributed by atoms with van der Waals surface area (Å²) in [6, 6.07) is 0. The summed E-state index contributed by atoms with van der Waals surface area (Å²) in [7, 11) is 1.89. The predicted octanol–water partition coefficient (Wildman–Crippen LogP) is 1.67. The highest BCUT2D eigenvalue weighted by atomic mass is 16.5. The van der Waals surface area contributed by atoms with E-state index < -0.39 is 0 Å². The molecule has 2 atom stereocenters. The molecule has 0 spiro atoms. The monoisotopic (exact) mass is 238 g/mol. The van der Waals surface area contributed by atoms with Crippen LogP contribution in [0.15, 0.2) is 12.4 Å². The Kier molecular flexibility index (Phi) is 4.57. The minimum absolute atomic E-state index is 0.273. The number of aliphatic hydroxyl groups is 1. The van der Waals surface area contributed by atoms with Gasteiger partial charge in [-0.25, -0.2) is 0 Å². The predicted molar refractivity (Wildman–Crippen MR) is 65.7 cm³/mol. The van der Waals surface area contributed by atoms with Gasteiger partial charge in [-0.3, -0.25) is 4.68 Å². The summed E-state index contributed by atoms with van der Waals surface area (Å²) < 4.78 is 7.43. The third kappa shape index (κ3) is 4.13.